The number of ether oxygens (including phenoxy) is 2. The second-order valence-electron chi connectivity index (χ2n) is 4.80. The number of aliphatic hydroxyl groups is 1. The first-order valence-corrected chi connectivity index (χ1v) is 7.25. The zero-order chi connectivity index (χ0) is 12.8. The van der Waals surface area contributed by atoms with Crippen molar-refractivity contribution in [1.82, 2.24) is 0 Å². The maximum Gasteiger partial charge on any atom is 0.0809 e. The van der Waals surface area contributed by atoms with Crippen molar-refractivity contribution in [3.63, 3.8) is 0 Å². The molecule has 1 N–H and O–H groups in total. The van der Waals surface area contributed by atoms with Crippen LogP contribution in [0.25, 0.3) is 0 Å². The lowest BCUT2D eigenvalue weighted by Crippen LogP contribution is -2.35. The second-order valence-corrected chi connectivity index (χ2v) is 5.44. The Bertz CT molecular complexity index is 245. The summed E-state index contributed by atoms with van der Waals surface area (Å²) in [6, 6.07) is 0. The Hall–Kier alpha value is 0.100. The Morgan fingerprint density at radius 1 is 1.65 bits per heavy atom. The predicted octanol–water partition coefficient (Wildman–Crippen LogP) is 2.38. The molecular formula is C13H23BrO3. The molecule has 0 spiro atoms. The number of rotatable bonds is 6. The van der Waals surface area contributed by atoms with Crippen molar-refractivity contribution in [1.29, 1.82) is 0 Å². The van der Waals surface area contributed by atoms with Gasteiger partial charge in [0.2, 0.25) is 0 Å². The molecule has 4 heteroatoms. The first-order valence-electron chi connectivity index (χ1n) is 6.13. The maximum absolute atomic E-state index is 10.2. The van der Waals surface area contributed by atoms with Gasteiger partial charge in [-0.05, 0) is 17.9 Å². The van der Waals surface area contributed by atoms with Crippen molar-refractivity contribution < 1.29 is 14.6 Å². The van der Waals surface area contributed by atoms with Crippen LogP contribution in [0, 0.1) is 11.8 Å². The molecule has 1 heterocycles. The minimum absolute atomic E-state index is 0.00726. The standard InChI is InChI=1S/C13H23BrO3/c1-9-4-5-17-13(10(9)2)6-12(15)11(7-14)8-16-3/h9,11-13,15H,2,4-8H2,1,3H3/t9-,11?,12+,13?/m1/s1. The minimum atomic E-state index is -0.415. The molecule has 17 heavy (non-hydrogen) atoms. The van der Waals surface area contributed by atoms with Crippen LogP contribution >= 0.6 is 15.9 Å². The molecule has 0 saturated carbocycles. The average molecular weight is 307 g/mol. The smallest absolute Gasteiger partial charge is 0.0809 e. The van der Waals surface area contributed by atoms with Crippen molar-refractivity contribution in [2.45, 2.75) is 32.0 Å². The predicted molar refractivity (Wildman–Crippen MR) is 72.4 cm³/mol. The van der Waals surface area contributed by atoms with Crippen LogP contribution in [0.1, 0.15) is 19.8 Å². The molecule has 0 amide bonds. The fourth-order valence-electron chi connectivity index (χ4n) is 2.10. The Labute approximate surface area is 112 Å². The highest BCUT2D eigenvalue weighted by molar-refractivity contribution is 9.09. The first-order chi connectivity index (χ1) is 8.10. The van der Waals surface area contributed by atoms with Crippen LogP contribution in [0.2, 0.25) is 0 Å². The van der Waals surface area contributed by atoms with Gasteiger partial charge in [-0.15, -0.1) is 0 Å². The molecule has 0 bridgehead atoms. The van der Waals surface area contributed by atoms with E-state index in [2.05, 4.69) is 29.4 Å². The summed E-state index contributed by atoms with van der Waals surface area (Å²) >= 11 is 3.41. The van der Waals surface area contributed by atoms with E-state index in [1.807, 2.05) is 0 Å². The van der Waals surface area contributed by atoms with Crippen LogP contribution in [-0.2, 0) is 9.47 Å². The summed E-state index contributed by atoms with van der Waals surface area (Å²) in [4.78, 5) is 0. The molecule has 1 fully saturated rings. The fraction of sp³-hybridized carbons (Fsp3) is 0.846. The number of aliphatic hydroxyl groups excluding tert-OH is 1. The van der Waals surface area contributed by atoms with Crippen molar-refractivity contribution in [3.8, 4) is 0 Å². The highest BCUT2D eigenvalue weighted by Gasteiger charge is 2.28. The van der Waals surface area contributed by atoms with Gasteiger partial charge in [-0.1, -0.05) is 29.4 Å². The van der Waals surface area contributed by atoms with Crippen molar-refractivity contribution >= 4 is 15.9 Å². The van der Waals surface area contributed by atoms with Gasteiger partial charge < -0.3 is 14.6 Å². The van der Waals surface area contributed by atoms with Crippen LogP contribution in [0.3, 0.4) is 0 Å². The van der Waals surface area contributed by atoms with Crippen LogP contribution in [0.5, 0.6) is 0 Å². The van der Waals surface area contributed by atoms with Crippen molar-refractivity contribution in [2.24, 2.45) is 11.8 Å². The molecular weight excluding hydrogens is 284 g/mol. The number of hydrogen-bond donors (Lipinski definition) is 1. The third-order valence-electron chi connectivity index (χ3n) is 3.50. The van der Waals surface area contributed by atoms with Gasteiger partial charge in [-0.3, -0.25) is 0 Å². The van der Waals surface area contributed by atoms with Crippen LogP contribution in [-0.4, -0.2) is 43.0 Å². The van der Waals surface area contributed by atoms with Gasteiger partial charge in [-0.25, -0.2) is 0 Å². The lowest BCUT2D eigenvalue weighted by Gasteiger charge is -2.33. The minimum Gasteiger partial charge on any atom is -0.393 e. The van der Waals surface area contributed by atoms with E-state index in [4.69, 9.17) is 9.47 Å². The largest absolute Gasteiger partial charge is 0.393 e. The maximum atomic E-state index is 10.2. The molecule has 0 radical (unpaired) electrons. The topological polar surface area (TPSA) is 38.7 Å². The highest BCUT2D eigenvalue weighted by atomic mass is 79.9. The SMILES string of the molecule is C=C1C(C[C@H](O)C(CBr)COC)OCC[C@H]1C. The molecule has 1 aliphatic rings. The summed E-state index contributed by atoms with van der Waals surface area (Å²) < 4.78 is 10.8. The monoisotopic (exact) mass is 306 g/mol. The van der Waals surface area contributed by atoms with E-state index in [0.717, 1.165) is 23.9 Å². The van der Waals surface area contributed by atoms with E-state index in [1.54, 1.807) is 7.11 Å². The zero-order valence-corrected chi connectivity index (χ0v) is 12.3. The highest BCUT2D eigenvalue weighted by Crippen LogP contribution is 2.28. The molecule has 0 aromatic carbocycles. The van der Waals surface area contributed by atoms with Gasteiger partial charge in [0.15, 0.2) is 0 Å². The molecule has 4 atom stereocenters. The van der Waals surface area contributed by atoms with E-state index >= 15 is 0 Å². The third kappa shape index (κ3) is 4.36. The van der Waals surface area contributed by atoms with Crippen molar-refractivity contribution in [2.75, 3.05) is 25.7 Å². The van der Waals surface area contributed by atoms with E-state index in [0.29, 0.717) is 18.9 Å². The summed E-state index contributed by atoms with van der Waals surface area (Å²) in [6.07, 6.45) is 1.22. The Morgan fingerprint density at radius 3 is 2.94 bits per heavy atom. The molecule has 1 aliphatic heterocycles. The lowest BCUT2D eigenvalue weighted by molar-refractivity contribution is -0.0171. The summed E-state index contributed by atoms with van der Waals surface area (Å²) in [5, 5.41) is 10.9. The van der Waals surface area contributed by atoms with Crippen LogP contribution in [0.4, 0.5) is 0 Å². The van der Waals surface area contributed by atoms with Crippen LogP contribution < -0.4 is 0 Å². The van der Waals surface area contributed by atoms with Gasteiger partial charge in [-0.2, -0.15) is 0 Å². The Balaban J connectivity index is 2.48. The van der Waals surface area contributed by atoms with Gasteiger partial charge in [0.25, 0.3) is 0 Å². The number of halogens is 1. The zero-order valence-electron chi connectivity index (χ0n) is 10.7. The van der Waals surface area contributed by atoms with Gasteiger partial charge in [0.05, 0.1) is 18.8 Å². The normalized spacial score (nSPS) is 29.1. The molecule has 1 rings (SSSR count). The average Bonchev–Trinajstić information content (AvgIpc) is 2.31. The molecule has 3 nitrogen and oxygen atoms in total. The number of hydrogen-bond acceptors (Lipinski definition) is 3. The summed E-state index contributed by atoms with van der Waals surface area (Å²) in [7, 11) is 1.65. The third-order valence-corrected chi connectivity index (χ3v) is 4.33. The summed E-state index contributed by atoms with van der Waals surface area (Å²) in [5.41, 5.74) is 1.11. The van der Waals surface area contributed by atoms with E-state index < -0.39 is 6.10 Å². The molecule has 100 valence electrons. The number of methoxy groups -OCH3 is 1. The second kappa shape index (κ2) is 7.52. The van der Waals surface area contributed by atoms with E-state index in [9.17, 15) is 5.11 Å². The van der Waals surface area contributed by atoms with Crippen LogP contribution in [0.15, 0.2) is 12.2 Å². The van der Waals surface area contributed by atoms with Gasteiger partial charge >= 0.3 is 0 Å². The lowest BCUT2D eigenvalue weighted by atomic mass is 9.87. The fourth-order valence-corrected chi connectivity index (χ4v) is 2.72. The molecule has 2 unspecified atom stereocenters. The quantitative estimate of drug-likeness (QED) is 0.605. The van der Waals surface area contributed by atoms with Gasteiger partial charge in [0.1, 0.15) is 0 Å². The van der Waals surface area contributed by atoms with Crippen molar-refractivity contribution in [3.05, 3.63) is 12.2 Å². The van der Waals surface area contributed by atoms with Gasteiger partial charge in [0, 0.05) is 31.4 Å². The summed E-state index contributed by atoms with van der Waals surface area (Å²) in [5.74, 6) is 0.597. The molecule has 1 saturated heterocycles. The Morgan fingerprint density at radius 2 is 2.35 bits per heavy atom. The molecule has 0 aromatic rings. The van der Waals surface area contributed by atoms with E-state index in [-0.39, 0.29) is 12.0 Å². The first kappa shape index (κ1) is 15.2. The van der Waals surface area contributed by atoms with E-state index in [1.165, 1.54) is 0 Å². The summed E-state index contributed by atoms with van der Waals surface area (Å²) in [6.45, 7) is 7.57. The number of alkyl halides is 1. The molecule has 0 aromatic heterocycles. The molecule has 0 aliphatic carbocycles. The Kier molecular flexibility index (Phi) is 6.70.